The molecule has 0 bridgehead atoms. The first-order chi connectivity index (χ1) is 11.5. The summed E-state index contributed by atoms with van der Waals surface area (Å²) in [4.78, 5) is 24.3. The van der Waals surface area contributed by atoms with Crippen molar-refractivity contribution in [3.8, 4) is 0 Å². The Kier molecular flexibility index (Phi) is 6.13. The highest BCUT2D eigenvalue weighted by molar-refractivity contribution is 5.96. The van der Waals surface area contributed by atoms with Crippen LogP contribution in [-0.4, -0.2) is 18.0 Å². The van der Waals surface area contributed by atoms with Gasteiger partial charge in [0.2, 0.25) is 5.91 Å². The van der Waals surface area contributed by atoms with Gasteiger partial charge in [-0.3, -0.25) is 4.79 Å². The van der Waals surface area contributed by atoms with Crippen molar-refractivity contribution in [2.45, 2.75) is 39.2 Å². The van der Waals surface area contributed by atoms with Crippen LogP contribution >= 0.6 is 0 Å². The Morgan fingerprint density at radius 3 is 2.17 bits per heavy atom. The highest BCUT2D eigenvalue weighted by Gasteiger charge is 2.18. The summed E-state index contributed by atoms with van der Waals surface area (Å²) in [6, 6.07) is 16.5. The smallest absolute Gasteiger partial charge is 0.338 e. The fourth-order valence-electron chi connectivity index (χ4n) is 2.46. The van der Waals surface area contributed by atoms with Crippen LogP contribution in [0.3, 0.4) is 0 Å². The molecule has 0 aromatic heterocycles. The Morgan fingerprint density at radius 1 is 1.00 bits per heavy atom. The second-order valence-electron chi connectivity index (χ2n) is 5.89. The highest BCUT2D eigenvalue weighted by Crippen LogP contribution is 2.21. The van der Waals surface area contributed by atoms with Crippen molar-refractivity contribution in [3.05, 3.63) is 65.7 Å². The summed E-state index contributed by atoms with van der Waals surface area (Å²) in [6.07, 6.45) is 0.558. The third-order valence-electron chi connectivity index (χ3n) is 3.66. The molecule has 0 aliphatic rings. The van der Waals surface area contributed by atoms with Crippen LogP contribution in [0.1, 0.15) is 49.0 Å². The topological polar surface area (TPSA) is 55.4 Å². The Labute approximate surface area is 142 Å². The number of hydrogen-bond acceptors (Lipinski definition) is 3. The molecule has 0 radical (unpaired) electrons. The van der Waals surface area contributed by atoms with Crippen LogP contribution in [0.25, 0.3) is 0 Å². The van der Waals surface area contributed by atoms with E-state index in [1.165, 1.54) is 0 Å². The van der Waals surface area contributed by atoms with Gasteiger partial charge >= 0.3 is 5.97 Å². The van der Waals surface area contributed by atoms with E-state index in [0.717, 1.165) is 5.56 Å². The van der Waals surface area contributed by atoms with Gasteiger partial charge < -0.3 is 10.1 Å². The van der Waals surface area contributed by atoms with Crippen LogP contribution in [0.4, 0.5) is 5.69 Å². The maximum Gasteiger partial charge on any atom is 0.338 e. The molecule has 4 nitrogen and oxygen atoms in total. The summed E-state index contributed by atoms with van der Waals surface area (Å²) in [5, 5.41) is 2.91. The van der Waals surface area contributed by atoms with Crippen LogP contribution in [0.2, 0.25) is 0 Å². The number of nitrogens with one attached hydrogen (secondary N) is 1. The molecule has 0 spiro atoms. The minimum Gasteiger partial charge on any atom is -0.459 e. The molecule has 0 saturated heterocycles. The summed E-state index contributed by atoms with van der Waals surface area (Å²) in [7, 11) is 0. The molecule has 2 rings (SSSR count). The van der Waals surface area contributed by atoms with Gasteiger partial charge in [-0.1, -0.05) is 37.3 Å². The van der Waals surface area contributed by atoms with Crippen molar-refractivity contribution >= 4 is 17.6 Å². The third-order valence-corrected chi connectivity index (χ3v) is 3.66. The van der Waals surface area contributed by atoms with E-state index in [2.05, 4.69) is 5.32 Å². The zero-order valence-corrected chi connectivity index (χ0v) is 14.3. The number of ether oxygens (including phenoxy) is 1. The van der Waals surface area contributed by atoms with Gasteiger partial charge in [0.05, 0.1) is 17.6 Å². The van der Waals surface area contributed by atoms with Crippen molar-refractivity contribution in [2.24, 2.45) is 0 Å². The number of esters is 1. The molecule has 126 valence electrons. The van der Waals surface area contributed by atoms with Gasteiger partial charge in [-0.05, 0) is 50.1 Å². The maximum atomic E-state index is 12.5. The molecule has 1 amide bonds. The molecule has 24 heavy (non-hydrogen) atoms. The monoisotopic (exact) mass is 325 g/mol. The molecule has 0 aliphatic carbocycles. The number of rotatable bonds is 6. The van der Waals surface area contributed by atoms with Gasteiger partial charge in [-0.25, -0.2) is 4.79 Å². The molecular weight excluding hydrogens is 302 g/mol. The molecule has 1 atom stereocenters. The molecule has 0 saturated carbocycles. The van der Waals surface area contributed by atoms with Crippen LogP contribution in [-0.2, 0) is 9.53 Å². The Bertz CT molecular complexity index is 678. The van der Waals surface area contributed by atoms with Crippen molar-refractivity contribution in [2.75, 3.05) is 5.32 Å². The predicted molar refractivity (Wildman–Crippen MR) is 95.1 cm³/mol. The fourth-order valence-corrected chi connectivity index (χ4v) is 2.46. The standard InChI is InChI=1S/C20H23NO3/c1-4-18(15-8-6-5-7-9-15)19(22)21-17-12-10-16(11-13-17)20(23)24-14(2)3/h5-14,18H,4H2,1-3H3,(H,21,22)/t18-/m0/s1. The molecule has 1 N–H and O–H groups in total. The van der Waals surface area contributed by atoms with Gasteiger partial charge in [0.25, 0.3) is 0 Å². The summed E-state index contributed by atoms with van der Waals surface area (Å²) in [6.45, 7) is 5.60. The van der Waals surface area contributed by atoms with Crippen molar-refractivity contribution in [3.63, 3.8) is 0 Å². The van der Waals surface area contributed by atoms with Crippen molar-refractivity contribution < 1.29 is 14.3 Å². The minimum atomic E-state index is -0.362. The van der Waals surface area contributed by atoms with E-state index >= 15 is 0 Å². The first kappa shape index (κ1) is 17.7. The van der Waals surface area contributed by atoms with Crippen LogP contribution < -0.4 is 5.32 Å². The third kappa shape index (κ3) is 4.69. The number of hydrogen-bond donors (Lipinski definition) is 1. The van der Waals surface area contributed by atoms with E-state index in [9.17, 15) is 9.59 Å². The average Bonchev–Trinajstić information content (AvgIpc) is 2.56. The van der Waals surface area contributed by atoms with E-state index in [-0.39, 0.29) is 23.9 Å². The summed E-state index contributed by atoms with van der Waals surface area (Å²) in [5.41, 5.74) is 2.13. The van der Waals surface area contributed by atoms with Gasteiger partial charge in [-0.2, -0.15) is 0 Å². The van der Waals surface area contributed by atoms with Crippen LogP contribution in [0.5, 0.6) is 0 Å². The normalized spacial score (nSPS) is 11.8. The number of amides is 1. The number of anilines is 1. The van der Waals surface area contributed by atoms with Crippen molar-refractivity contribution in [1.82, 2.24) is 0 Å². The Morgan fingerprint density at radius 2 is 1.62 bits per heavy atom. The number of carbonyl (C=O) groups is 2. The molecule has 0 unspecified atom stereocenters. The number of benzene rings is 2. The van der Waals surface area contributed by atoms with E-state index in [0.29, 0.717) is 17.7 Å². The molecule has 4 heteroatoms. The second kappa shape index (κ2) is 8.29. The molecule has 2 aromatic carbocycles. The van der Waals surface area contributed by atoms with E-state index in [4.69, 9.17) is 4.74 Å². The molecule has 0 heterocycles. The van der Waals surface area contributed by atoms with Crippen LogP contribution in [0.15, 0.2) is 54.6 Å². The molecule has 2 aromatic rings. The van der Waals surface area contributed by atoms with Gasteiger partial charge in [0.1, 0.15) is 0 Å². The van der Waals surface area contributed by atoms with Gasteiger partial charge in [0, 0.05) is 5.69 Å². The fraction of sp³-hybridized carbons (Fsp3) is 0.300. The van der Waals surface area contributed by atoms with E-state index < -0.39 is 0 Å². The van der Waals surface area contributed by atoms with E-state index in [1.807, 2.05) is 37.3 Å². The zero-order valence-electron chi connectivity index (χ0n) is 14.3. The SMILES string of the molecule is CC[C@H](C(=O)Nc1ccc(C(=O)OC(C)C)cc1)c1ccccc1. The molecular formula is C20H23NO3. The van der Waals surface area contributed by atoms with E-state index in [1.54, 1.807) is 38.1 Å². The Hall–Kier alpha value is -2.62. The first-order valence-corrected chi connectivity index (χ1v) is 8.18. The Balaban J connectivity index is 2.05. The highest BCUT2D eigenvalue weighted by atomic mass is 16.5. The summed E-state index contributed by atoms with van der Waals surface area (Å²) < 4.78 is 5.14. The minimum absolute atomic E-state index is 0.0544. The zero-order chi connectivity index (χ0) is 17.5. The second-order valence-corrected chi connectivity index (χ2v) is 5.89. The maximum absolute atomic E-state index is 12.5. The summed E-state index contributed by atoms with van der Waals surface area (Å²) in [5.74, 6) is -0.614. The van der Waals surface area contributed by atoms with Crippen molar-refractivity contribution in [1.29, 1.82) is 0 Å². The summed E-state index contributed by atoms with van der Waals surface area (Å²) >= 11 is 0. The average molecular weight is 325 g/mol. The quantitative estimate of drug-likeness (QED) is 0.802. The van der Waals surface area contributed by atoms with Gasteiger partial charge in [-0.15, -0.1) is 0 Å². The molecule has 0 fully saturated rings. The lowest BCUT2D eigenvalue weighted by atomic mass is 9.95. The van der Waals surface area contributed by atoms with Crippen LogP contribution in [0, 0.1) is 0 Å². The lowest BCUT2D eigenvalue weighted by molar-refractivity contribution is -0.117. The van der Waals surface area contributed by atoms with Gasteiger partial charge in [0.15, 0.2) is 0 Å². The predicted octanol–water partition coefficient (Wildman–Crippen LogP) is 4.38. The molecule has 0 aliphatic heterocycles. The lowest BCUT2D eigenvalue weighted by Gasteiger charge is -2.15. The largest absolute Gasteiger partial charge is 0.459 e. The first-order valence-electron chi connectivity index (χ1n) is 8.18. The number of carbonyl (C=O) groups excluding carboxylic acids is 2. The lowest BCUT2D eigenvalue weighted by Crippen LogP contribution is -2.20.